The van der Waals surface area contributed by atoms with E-state index in [9.17, 15) is 0 Å². The second kappa shape index (κ2) is 6.21. The molecule has 1 aromatic heterocycles. The van der Waals surface area contributed by atoms with Crippen LogP contribution in [0.5, 0.6) is 0 Å². The van der Waals surface area contributed by atoms with Gasteiger partial charge in [-0.2, -0.15) is 0 Å². The van der Waals surface area contributed by atoms with Gasteiger partial charge in [0.1, 0.15) is 0 Å². The highest BCUT2D eigenvalue weighted by Crippen LogP contribution is 2.15. The highest BCUT2D eigenvalue weighted by molar-refractivity contribution is 9.10. The average Bonchev–Trinajstić information content (AvgIpc) is 2.81. The minimum absolute atomic E-state index is 0.418. The van der Waals surface area contributed by atoms with Crippen LogP contribution in [0.4, 0.5) is 0 Å². The van der Waals surface area contributed by atoms with Crippen molar-refractivity contribution in [2.24, 2.45) is 0 Å². The lowest BCUT2D eigenvalue weighted by molar-refractivity contribution is 0.596. The second-order valence-corrected chi connectivity index (χ2v) is 5.44. The zero-order valence-electron chi connectivity index (χ0n) is 10.9. The van der Waals surface area contributed by atoms with E-state index in [2.05, 4.69) is 82.4 Å². The van der Waals surface area contributed by atoms with Crippen LogP contribution in [0.3, 0.4) is 0 Å². The van der Waals surface area contributed by atoms with Crippen molar-refractivity contribution >= 4 is 15.9 Å². The lowest BCUT2D eigenvalue weighted by Crippen LogP contribution is -2.17. The standard InChI is InChI=1S/C15H19BrN2/c1-3-17-12(2)14-8-9-18(11-14)10-13-4-6-15(16)7-5-13/h4-9,11-12,17H,3,10H2,1-2H3. The summed E-state index contributed by atoms with van der Waals surface area (Å²) >= 11 is 3.46. The molecule has 3 heteroatoms. The number of benzene rings is 1. The molecule has 0 aliphatic heterocycles. The molecule has 1 unspecified atom stereocenters. The molecule has 2 aromatic rings. The molecule has 1 aromatic carbocycles. The van der Waals surface area contributed by atoms with E-state index in [4.69, 9.17) is 0 Å². The number of rotatable bonds is 5. The molecule has 0 bridgehead atoms. The molecule has 0 radical (unpaired) electrons. The van der Waals surface area contributed by atoms with E-state index in [1.54, 1.807) is 0 Å². The van der Waals surface area contributed by atoms with Crippen molar-refractivity contribution in [1.82, 2.24) is 9.88 Å². The molecular formula is C15H19BrN2. The van der Waals surface area contributed by atoms with Gasteiger partial charge >= 0.3 is 0 Å². The molecule has 0 fully saturated rings. The van der Waals surface area contributed by atoms with Gasteiger partial charge in [-0.05, 0) is 42.8 Å². The van der Waals surface area contributed by atoms with Gasteiger partial charge < -0.3 is 9.88 Å². The van der Waals surface area contributed by atoms with Gasteiger partial charge in [-0.15, -0.1) is 0 Å². The van der Waals surface area contributed by atoms with Crippen LogP contribution in [0.25, 0.3) is 0 Å². The third-order valence-electron chi connectivity index (χ3n) is 3.06. The number of hydrogen-bond acceptors (Lipinski definition) is 1. The largest absolute Gasteiger partial charge is 0.350 e. The fraction of sp³-hybridized carbons (Fsp3) is 0.333. The van der Waals surface area contributed by atoms with E-state index < -0.39 is 0 Å². The maximum absolute atomic E-state index is 3.46. The SMILES string of the molecule is CCNC(C)c1ccn(Cc2ccc(Br)cc2)c1. The van der Waals surface area contributed by atoms with Crippen molar-refractivity contribution in [3.8, 4) is 0 Å². The Labute approximate surface area is 117 Å². The number of hydrogen-bond donors (Lipinski definition) is 1. The van der Waals surface area contributed by atoms with E-state index in [-0.39, 0.29) is 0 Å². The fourth-order valence-corrected chi connectivity index (χ4v) is 2.30. The minimum Gasteiger partial charge on any atom is -0.350 e. The molecule has 0 aliphatic carbocycles. The number of aromatic nitrogens is 1. The molecule has 0 amide bonds. The monoisotopic (exact) mass is 306 g/mol. The maximum atomic E-state index is 3.46. The number of halogens is 1. The normalized spacial score (nSPS) is 12.6. The van der Waals surface area contributed by atoms with E-state index in [0.29, 0.717) is 6.04 Å². The third-order valence-corrected chi connectivity index (χ3v) is 3.59. The predicted molar refractivity (Wildman–Crippen MR) is 79.8 cm³/mol. The fourth-order valence-electron chi connectivity index (χ4n) is 2.04. The predicted octanol–water partition coefficient (Wildman–Crippen LogP) is 3.97. The molecule has 1 atom stereocenters. The van der Waals surface area contributed by atoms with Crippen LogP contribution in [0.1, 0.15) is 31.0 Å². The molecular weight excluding hydrogens is 288 g/mol. The molecule has 96 valence electrons. The van der Waals surface area contributed by atoms with Gasteiger partial charge in [0.25, 0.3) is 0 Å². The molecule has 2 rings (SSSR count). The van der Waals surface area contributed by atoms with E-state index in [1.807, 2.05) is 0 Å². The van der Waals surface area contributed by atoms with Crippen molar-refractivity contribution < 1.29 is 0 Å². The highest BCUT2D eigenvalue weighted by atomic mass is 79.9. The first-order valence-corrected chi connectivity index (χ1v) is 7.12. The summed E-state index contributed by atoms with van der Waals surface area (Å²) in [5.74, 6) is 0. The van der Waals surface area contributed by atoms with Gasteiger partial charge in [0.05, 0.1) is 0 Å². The minimum atomic E-state index is 0.418. The topological polar surface area (TPSA) is 17.0 Å². The average molecular weight is 307 g/mol. The first kappa shape index (κ1) is 13.4. The van der Waals surface area contributed by atoms with Gasteiger partial charge in [0.2, 0.25) is 0 Å². The van der Waals surface area contributed by atoms with E-state index in [0.717, 1.165) is 17.6 Å². The molecule has 18 heavy (non-hydrogen) atoms. The Bertz CT molecular complexity index is 487. The van der Waals surface area contributed by atoms with Gasteiger partial charge in [-0.3, -0.25) is 0 Å². The van der Waals surface area contributed by atoms with Crippen molar-refractivity contribution in [1.29, 1.82) is 0 Å². The Hall–Kier alpha value is -1.06. The third kappa shape index (κ3) is 3.47. The molecule has 0 saturated carbocycles. The van der Waals surface area contributed by atoms with Crippen LogP contribution in [-0.2, 0) is 6.54 Å². The summed E-state index contributed by atoms with van der Waals surface area (Å²) in [5, 5.41) is 3.43. The Morgan fingerprint density at radius 2 is 1.94 bits per heavy atom. The zero-order valence-corrected chi connectivity index (χ0v) is 12.4. The van der Waals surface area contributed by atoms with Gasteiger partial charge in [0, 0.05) is 29.5 Å². The summed E-state index contributed by atoms with van der Waals surface area (Å²) < 4.78 is 3.35. The summed E-state index contributed by atoms with van der Waals surface area (Å²) in [6, 6.07) is 11.1. The van der Waals surface area contributed by atoms with Crippen molar-refractivity contribution in [3.05, 3.63) is 58.3 Å². The summed E-state index contributed by atoms with van der Waals surface area (Å²) in [6.45, 7) is 6.25. The lowest BCUT2D eigenvalue weighted by atomic mass is 10.2. The summed E-state index contributed by atoms with van der Waals surface area (Å²) in [6.07, 6.45) is 4.36. The number of nitrogens with zero attached hydrogens (tertiary/aromatic N) is 1. The first-order chi connectivity index (χ1) is 8.69. The van der Waals surface area contributed by atoms with Crippen molar-refractivity contribution in [3.63, 3.8) is 0 Å². The van der Waals surface area contributed by atoms with Gasteiger partial charge in [-0.25, -0.2) is 0 Å². The highest BCUT2D eigenvalue weighted by Gasteiger charge is 2.05. The lowest BCUT2D eigenvalue weighted by Gasteiger charge is -2.10. The van der Waals surface area contributed by atoms with Crippen LogP contribution in [0.15, 0.2) is 47.2 Å². The summed E-state index contributed by atoms with van der Waals surface area (Å²) in [5.41, 5.74) is 2.66. The van der Waals surface area contributed by atoms with E-state index >= 15 is 0 Å². The van der Waals surface area contributed by atoms with Crippen LogP contribution in [0.2, 0.25) is 0 Å². The Balaban J connectivity index is 2.04. The molecule has 1 heterocycles. The van der Waals surface area contributed by atoms with E-state index in [1.165, 1.54) is 11.1 Å². The van der Waals surface area contributed by atoms with Crippen LogP contribution in [0, 0.1) is 0 Å². The van der Waals surface area contributed by atoms with Crippen LogP contribution in [-0.4, -0.2) is 11.1 Å². The summed E-state index contributed by atoms with van der Waals surface area (Å²) in [7, 11) is 0. The molecule has 2 nitrogen and oxygen atoms in total. The Kier molecular flexibility index (Phi) is 4.61. The molecule has 0 spiro atoms. The molecule has 1 N–H and O–H groups in total. The van der Waals surface area contributed by atoms with Gasteiger partial charge in [0.15, 0.2) is 0 Å². The van der Waals surface area contributed by atoms with Crippen LogP contribution >= 0.6 is 15.9 Å². The smallest absolute Gasteiger partial charge is 0.0470 e. The Morgan fingerprint density at radius 1 is 1.22 bits per heavy atom. The zero-order chi connectivity index (χ0) is 13.0. The second-order valence-electron chi connectivity index (χ2n) is 4.52. The maximum Gasteiger partial charge on any atom is 0.0470 e. The van der Waals surface area contributed by atoms with Gasteiger partial charge in [-0.1, -0.05) is 35.0 Å². The first-order valence-electron chi connectivity index (χ1n) is 6.32. The molecule has 0 aliphatic rings. The Morgan fingerprint density at radius 3 is 2.61 bits per heavy atom. The quantitative estimate of drug-likeness (QED) is 0.884. The number of nitrogens with one attached hydrogen (secondary N) is 1. The summed E-state index contributed by atoms with van der Waals surface area (Å²) in [4.78, 5) is 0. The molecule has 0 saturated heterocycles. The van der Waals surface area contributed by atoms with Crippen molar-refractivity contribution in [2.45, 2.75) is 26.4 Å². The van der Waals surface area contributed by atoms with Crippen molar-refractivity contribution in [2.75, 3.05) is 6.54 Å². The van der Waals surface area contributed by atoms with Crippen LogP contribution < -0.4 is 5.32 Å².